The van der Waals surface area contributed by atoms with Crippen LogP contribution in [0.3, 0.4) is 0 Å². The second-order valence-corrected chi connectivity index (χ2v) is 20.5. The van der Waals surface area contributed by atoms with Gasteiger partial charge in [-0.15, -0.1) is 0 Å². The van der Waals surface area contributed by atoms with E-state index in [0.29, 0.717) is 71.4 Å². The van der Waals surface area contributed by atoms with E-state index >= 15 is 0 Å². The van der Waals surface area contributed by atoms with Crippen LogP contribution in [0.25, 0.3) is 0 Å². The number of amides is 3. The first-order chi connectivity index (χ1) is 32.7. The van der Waals surface area contributed by atoms with E-state index < -0.39 is 47.2 Å². The molecule has 4 heterocycles. The molecule has 0 spiro atoms. The van der Waals surface area contributed by atoms with Crippen LogP contribution in [0.15, 0.2) is 58.7 Å². The Morgan fingerprint density at radius 3 is 1.72 bits per heavy atom. The molecule has 3 amide bonds. The van der Waals surface area contributed by atoms with Crippen molar-refractivity contribution in [3.63, 3.8) is 0 Å². The molecule has 5 N–H and O–H groups in total. The standard InChI is InChI=1S/C55H75N3O11/c1-33(2)15-10-17-35(5)19-12-23-54(7)46(61)29-39-44(59)27-37-41(49(39)68-54)31-57(52(37)65)26-14-21-43(51(64)56-25-22-48(63)67-9)58-32-42-38(53(58)66)28-45(60)40-30-47(62)55(8,69-50(40)42)24-13-20-36(6)18-11-16-34(3)4/h15-16,19-20,27-28,43,46-47,59-62H,10-14,17-18,21-26,29-32H2,1-9H3,(H,56,64)/b35-19+,36-20+/t43-,46-,47-,54+,55+/m0/s1. The Hall–Kier alpha value is -5.60. The van der Waals surface area contributed by atoms with Crippen molar-refractivity contribution in [1.82, 2.24) is 15.1 Å². The number of hydrogen-bond acceptors (Lipinski definition) is 11. The Kier molecular flexibility index (Phi) is 17.2. The zero-order valence-electron chi connectivity index (χ0n) is 42.3. The lowest BCUT2D eigenvalue weighted by molar-refractivity contribution is -0.140. The molecule has 0 radical (unpaired) electrons. The van der Waals surface area contributed by atoms with Crippen LogP contribution >= 0.6 is 0 Å². The maximum atomic E-state index is 14.4. The highest BCUT2D eigenvalue weighted by molar-refractivity contribution is 6.03. The Balaban J connectivity index is 1.17. The third-order valence-corrected chi connectivity index (χ3v) is 14.4. The summed E-state index contributed by atoms with van der Waals surface area (Å²) in [5, 5.41) is 47.9. The minimum atomic E-state index is -1.03. The number of nitrogens with one attached hydrogen (secondary N) is 1. The van der Waals surface area contributed by atoms with Gasteiger partial charge in [0.25, 0.3) is 11.8 Å². The molecule has 69 heavy (non-hydrogen) atoms. The molecule has 6 rings (SSSR count). The maximum Gasteiger partial charge on any atom is 0.307 e. The van der Waals surface area contributed by atoms with Gasteiger partial charge in [-0.05, 0) is 132 Å². The van der Waals surface area contributed by atoms with Crippen LogP contribution in [0.2, 0.25) is 0 Å². The molecule has 14 nitrogen and oxygen atoms in total. The Labute approximate surface area is 408 Å². The van der Waals surface area contributed by atoms with Crippen LogP contribution in [0.5, 0.6) is 23.0 Å². The molecule has 0 fully saturated rings. The molecule has 0 aromatic heterocycles. The molecule has 0 unspecified atom stereocenters. The van der Waals surface area contributed by atoms with Crippen molar-refractivity contribution in [3.8, 4) is 23.0 Å². The monoisotopic (exact) mass is 954 g/mol. The number of phenols is 2. The third kappa shape index (κ3) is 12.2. The highest BCUT2D eigenvalue weighted by atomic mass is 16.5. The molecular formula is C55H75N3O11. The molecule has 0 aliphatic carbocycles. The number of nitrogens with zero attached hydrogens (tertiary/aromatic N) is 2. The van der Waals surface area contributed by atoms with Crippen molar-refractivity contribution in [2.75, 3.05) is 20.2 Å². The SMILES string of the molecule is COC(=O)CCNC(=O)[C@H](CCCN1Cc2c(cc(O)c3c2O[C@](C)(CC/C=C(\C)CCC=C(C)C)[C@@H](O)C3)C1=O)N1Cc2c(cc(O)c3c2O[C@](C)(CC/C=C(\C)CCC=C(C)C)[C@@H](O)C3)C1=O. The van der Waals surface area contributed by atoms with E-state index in [0.717, 1.165) is 25.7 Å². The number of allylic oxidation sites excluding steroid dienone is 8. The zero-order valence-corrected chi connectivity index (χ0v) is 42.3. The molecule has 5 atom stereocenters. The number of benzene rings is 2. The van der Waals surface area contributed by atoms with Gasteiger partial charge in [0, 0.05) is 48.2 Å². The second kappa shape index (κ2) is 22.4. The summed E-state index contributed by atoms with van der Waals surface area (Å²) >= 11 is 0. The van der Waals surface area contributed by atoms with Crippen LogP contribution in [0.1, 0.15) is 169 Å². The van der Waals surface area contributed by atoms with E-state index in [1.54, 1.807) is 4.90 Å². The zero-order chi connectivity index (χ0) is 50.4. The summed E-state index contributed by atoms with van der Waals surface area (Å²) in [5.74, 6) is -1.33. The van der Waals surface area contributed by atoms with Crippen molar-refractivity contribution >= 4 is 23.7 Å². The molecule has 14 heteroatoms. The van der Waals surface area contributed by atoms with E-state index in [1.165, 1.54) is 46.4 Å². The fourth-order valence-corrected chi connectivity index (χ4v) is 9.92. The summed E-state index contributed by atoms with van der Waals surface area (Å²) in [6.45, 7) is 16.6. The van der Waals surface area contributed by atoms with Crippen molar-refractivity contribution in [2.24, 2.45) is 0 Å². The van der Waals surface area contributed by atoms with Crippen molar-refractivity contribution in [2.45, 2.75) is 181 Å². The van der Waals surface area contributed by atoms with Gasteiger partial charge in [-0.2, -0.15) is 0 Å². The Bertz CT molecular complexity index is 2410. The van der Waals surface area contributed by atoms with Crippen LogP contribution in [0, 0.1) is 0 Å². The number of hydrogen-bond donors (Lipinski definition) is 5. The number of esters is 1. The molecule has 0 bridgehead atoms. The fraction of sp³-hybridized carbons (Fsp3) is 0.564. The molecular weight excluding hydrogens is 879 g/mol. The fourth-order valence-electron chi connectivity index (χ4n) is 9.92. The molecule has 376 valence electrons. The summed E-state index contributed by atoms with van der Waals surface area (Å²) in [6.07, 6.45) is 13.7. The summed E-state index contributed by atoms with van der Waals surface area (Å²) in [4.78, 5) is 57.5. The molecule has 4 aliphatic rings. The van der Waals surface area contributed by atoms with Crippen molar-refractivity contribution in [1.29, 1.82) is 0 Å². The number of carbonyl (C=O) groups excluding carboxylic acids is 4. The van der Waals surface area contributed by atoms with Gasteiger partial charge in [-0.3, -0.25) is 19.2 Å². The van der Waals surface area contributed by atoms with Gasteiger partial charge in [0.2, 0.25) is 5.91 Å². The average molecular weight is 954 g/mol. The van der Waals surface area contributed by atoms with E-state index in [1.807, 2.05) is 13.8 Å². The van der Waals surface area contributed by atoms with Crippen LogP contribution in [0.4, 0.5) is 0 Å². The first kappa shape index (κ1) is 52.8. The van der Waals surface area contributed by atoms with Crippen LogP contribution < -0.4 is 14.8 Å². The summed E-state index contributed by atoms with van der Waals surface area (Å²) < 4.78 is 18.0. The number of aromatic hydroxyl groups is 2. The van der Waals surface area contributed by atoms with Crippen molar-refractivity contribution in [3.05, 3.63) is 92.1 Å². The summed E-state index contributed by atoms with van der Waals surface area (Å²) in [7, 11) is 1.26. The van der Waals surface area contributed by atoms with Crippen LogP contribution in [-0.4, -0.2) is 104 Å². The highest BCUT2D eigenvalue weighted by Crippen LogP contribution is 2.48. The minimum Gasteiger partial charge on any atom is -0.508 e. The smallest absolute Gasteiger partial charge is 0.307 e. The molecule has 2 aromatic carbocycles. The van der Waals surface area contributed by atoms with Gasteiger partial charge in [0.05, 0.1) is 50.0 Å². The lowest BCUT2D eigenvalue weighted by Gasteiger charge is -2.41. The first-order valence-corrected chi connectivity index (χ1v) is 24.7. The number of methoxy groups -OCH3 is 1. The third-order valence-electron chi connectivity index (χ3n) is 14.4. The normalized spacial score (nSPS) is 22.2. The topological polar surface area (TPSA) is 195 Å². The highest BCUT2D eigenvalue weighted by Gasteiger charge is 2.47. The van der Waals surface area contributed by atoms with Gasteiger partial charge in [0.15, 0.2) is 0 Å². The minimum absolute atomic E-state index is 0.00582. The molecule has 2 aromatic rings. The Morgan fingerprint density at radius 2 is 1.23 bits per heavy atom. The number of aliphatic hydroxyl groups is 2. The summed E-state index contributed by atoms with van der Waals surface area (Å²) in [6, 6.07) is 1.79. The van der Waals surface area contributed by atoms with Crippen LogP contribution in [-0.2, 0) is 40.3 Å². The second-order valence-electron chi connectivity index (χ2n) is 20.5. The maximum absolute atomic E-state index is 14.4. The predicted octanol–water partition coefficient (Wildman–Crippen LogP) is 8.59. The lowest BCUT2D eigenvalue weighted by atomic mass is 9.84. The van der Waals surface area contributed by atoms with E-state index in [9.17, 15) is 39.6 Å². The first-order valence-electron chi connectivity index (χ1n) is 24.7. The number of ether oxygens (including phenoxy) is 3. The largest absolute Gasteiger partial charge is 0.508 e. The van der Waals surface area contributed by atoms with Crippen molar-refractivity contribution < 1.29 is 53.8 Å². The van der Waals surface area contributed by atoms with E-state index in [4.69, 9.17) is 14.2 Å². The van der Waals surface area contributed by atoms with Gasteiger partial charge in [0.1, 0.15) is 40.2 Å². The number of rotatable bonds is 21. The average Bonchev–Trinajstić information content (AvgIpc) is 3.77. The summed E-state index contributed by atoms with van der Waals surface area (Å²) in [5.41, 5.74) is 5.59. The molecule has 0 saturated heterocycles. The van der Waals surface area contributed by atoms with E-state index in [-0.39, 0.29) is 74.8 Å². The van der Waals surface area contributed by atoms with Gasteiger partial charge in [-0.1, -0.05) is 46.6 Å². The number of phenolic OH excluding ortho intramolecular Hbond substituents is 2. The Morgan fingerprint density at radius 1 is 0.739 bits per heavy atom. The quantitative estimate of drug-likeness (QED) is 0.0594. The van der Waals surface area contributed by atoms with E-state index in [2.05, 4.69) is 71.2 Å². The number of carbonyl (C=O) groups is 4. The van der Waals surface area contributed by atoms with Gasteiger partial charge >= 0.3 is 5.97 Å². The number of aliphatic hydroxyl groups excluding tert-OH is 2. The predicted molar refractivity (Wildman–Crippen MR) is 264 cm³/mol. The van der Waals surface area contributed by atoms with Gasteiger partial charge in [-0.25, -0.2) is 0 Å². The molecule has 0 saturated carbocycles. The lowest BCUT2D eigenvalue weighted by Crippen LogP contribution is -2.49. The number of fused-ring (bicyclic) bond motifs is 6. The van der Waals surface area contributed by atoms with Gasteiger partial charge < -0.3 is 49.8 Å². The molecule has 4 aliphatic heterocycles.